The van der Waals surface area contributed by atoms with E-state index in [1.54, 1.807) is 6.21 Å². The van der Waals surface area contributed by atoms with E-state index >= 15 is 0 Å². The Morgan fingerprint density at radius 2 is 1.82 bits per heavy atom. The summed E-state index contributed by atoms with van der Waals surface area (Å²) in [7, 11) is 0. The van der Waals surface area contributed by atoms with Crippen molar-refractivity contribution in [1.82, 2.24) is 5.01 Å². The highest BCUT2D eigenvalue weighted by atomic mass is 15.4. The van der Waals surface area contributed by atoms with Crippen molar-refractivity contribution in [1.29, 1.82) is 0 Å². The fourth-order valence-electron chi connectivity index (χ4n) is 1.66. The molecule has 0 amide bonds. The van der Waals surface area contributed by atoms with Gasteiger partial charge < -0.3 is 0 Å². The van der Waals surface area contributed by atoms with Crippen LogP contribution in [0.5, 0.6) is 0 Å². The third-order valence-electron chi connectivity index (χ3n) is 2.45. The van der Waals surface area contributed by atoms with E-state index in [0.29, 0.717) is 0 Å². The monoisotopic (exact) mass is 228 g/mol. The van der Waals surface area contributed by atoms with Crippen molar-refractivity contribution in [3.8, 4) is 0 Å². The highest BCUT2D eigenvalue weighted by Crippen LogP contribution is 2.31. The lowest BCUT2D eigenvalue weighted by Crippen LogP contribution is -2.17. The van der Waals surface area contributed by atoms with Crippen molar-refractivity contribution in [3.05, 3.63) is 61.0 Å². The minimum absolute atomic E-state index is 0.00830. The lowest BCUT2D eigenvalue weighted by atomic mass is 9.85. The minimum Gasteiger partial charge on any atom is -0.241 e. The van der Waals surface area contributed by atoms with Gasteiger partial charge in [0, 0.05) is 12.4 Å². The van der Waals surface area contributed by atoms with Crippen LogP contribution in [0.2, 0.25) is 0 Å². The van der Waals surface area contributed by atoms with E-state index in [1.807, 2.05) is 41.6 Å². The topological polar surface area (TPSA) is 15.6 Å². The van der Waals surface area contributed by atoms with Crippen molar-refractivity contribution in [2.45, 2.75) is 20.8 Å². The average Bonchev–Trinajstić information content (AvgIpc) is 2.52. The fraction of sp³-hybridized carbons (Fsp3) is 0.267. The Kier molecular flexibility index (Phi) is 4.27. The summed E-state index contributed by atoms with van der Waals surface area (Å²) in [6.07, 6.45) is 13.1. The molecule has 0 unspecified atom stereocenters. The molecule has 0 spiro atoms. The van der Waals surface area contributed by atoms with Crippen molar-refractivity contribution < 1.29 is 0 Å². The van der Waals surface area contributed by atoms with Crippen LogP contribution < -0.4 is 0 Å². The molecule has 2 nitrogen and oxygen atoms in total. The van der Waals surface area contributed by atoms with E-state index in [-0.39, 0.29) is 5.41 Å². The van der Waals surface area contributed by atoms with Crippen LogP contribution in [0.1, 0.15) is 20.8 Å². The first kappa shape index (κ1) is 13.2. The maximum absolute atomic E-state index is 4.33. The number of hydrogen-bond donors (Lipinski definition) is 0. The van der Waals surface area contributed by atoms with Gasteiger partial charge in [0.1, 0.15) is 0 Å². The molecule has 0 radical (unpaired) electrons. The summed E-state index contributed by atoms with van der Waals surface area (Å²) in [5.74, 6) is 0. The van der Waals surface area contributed by atoms with E-state index in [1.165, 1.54) is 0 Å². The van der Waals surface area contributed by atoms with Gasteiger partial charge >= 0.3 is 0 Å². The molecule has 90 valence electrons. The normalized spacial score (nSPS) is 16.5. The number of hydrazone groups is 1. The predicted octanol–water partition coefficient (Wildman–Crippen LogP) is 4.03. The maximum Gasteiger partial charge on any atom is 0.0676 e. The maximum atomic E-state index is 4.33. The molecular weight excluding hydrogens is 208 g/mol. The van der Waals surface area contributed by atoms with E-state index < -0.39 is 0 Å². The van der Waals surface area contributed by atoms with Gasteiger partial charge in [0.25, 0.3) is 0 Å². The highest BCUT2D eigenvalue weighted by Gasteiger charge is 2.20. The summed E-state index contributed by atoms with van der Waals surface area (Å²) in [4.78, 5) is 0. The van der Waals surface area contributed by atoms with E-state index in [2.05, 4.69) is 39.0 Å². The SMILES string of the molecule is C=C/C(=C(\C=C)C(C)(C)C)N1C=CC=CC=N1. The Balaban J connectivity index is 3.25. The molecule has 1 aliphatic heterocycles. The van der Waals surface area contributed by atoms with Crippen LogP contribution in [0.25, 0.3) is 0 Å². The summed E-state index contributed by atoms with van der Waals surface area (Å²) in [5, 5.41) is 6.15. The molecule has 0 aromatic rings. The van der Waals surface area contributed by atoms with Crippen molar-refractivity contribution in [2.24, 2.45) is 10.5 Å². The van der Waals surface area contributed by atoms with Crippen LogP contribution in [-0.2, 0) is 0 Å². The van der Waals surface area contributed by atoms with E-state index in [9.17, 15) is 0 Å². The number of rotatable bonds is 3. The van der Waals surface area contributed by atoms with E-state index in [4.69, 9.17) is 0 Å². The molecule has 1 aliphatic rings. The zero-order valence-electron chi connectivity index (χ0n) is 10.9. The largest absolute Gasteiger partial charge is 0.241 e. The Morgan fingerprint density at radius 3 is 2.35 bits per heavy atom. The molecule has 0 bridgehead atoms. The number of hydrogen-bond acceptors (Lipinski definition) is 2. The van der Waals surface area contributed by atoms with Crippen molar-refractivity contribution in [2.75, 3.05) is 0 Å². The average molecular weight is 228 g/mol. The molecule has 17 heavy (non-hydrogen) atoms. The Morgan fingerprint density at radius 1 is 1.12 bits per heavy atom. The second-order valence-electron chi connectivity index (χ2n) is 4.79. The molecule has 0 aromatic heterocycles. The molecule has 1 rings (SSSR count). The van der Waals surface area contributed by atoms with Crippen LogP contribution in [0.15, 0.2) is 66.1 Å². The van der Waals surface area contributed by atoms with Gasteiger partial charge in [-0.05, 0) is 29.2 Å². The van der Waals surface area contributed by atoms with Gasteiger partial charge in [-0.3, -0.25) is 0 Å². The molecule has 0 saturated heterocycles. The number of allylic oxidation sites excluding steroid dienone is 6. The van der Waals surface area contributed by atoms with Crippen LogP contribution in [0.4, 0.5) is 0 Å². The fourth-order valence-corrected chi connectivity index (χ4v) is 1.66. The molecule has 0 fully saturated rings. The third kappa shape index (κ3) is 3.31. The summed E-state index contributed by atoms with van der Waals surface area (Å²) < 4.78 is 0. The highest BCUT2D eigenvalue weighted by molar-refractivity contribution is 5.71. The summed E-state index contributed by atoms with van der Waals surface area (Å²) in [5.41, 5.74) is 2.09. The van der Waals surface area contributed by atoms with Gasteiger partial charge in [-0.25, -0.2) is 5.01 Å². The molecule has 1 heterocycles. The second-order valence-corrected chi connectivity index (χ2v) is 4.79. The van der Waals surface area contributed by atoms with E-state index in [0.717, 1.165) is 11.3 Å². The van der Waals surface area contributed by atoms with Gasteiger partial charge in [-0.1, -0.05) is 46.1 Å². The molecular formula is C15H20N2. The molecule has 0 atom stereocenters. The summed E-state index contributed by atoms with van der Waals surface area (Å²) in [6, 6.07) is 0. The Labute approximate surface area is 104 Å². The van der Waals surface area contributed by atoms with Crippen molar-refractivity contribution in [3.63, 3.8) is 0 Å². The van der Waals surface area contributed by atoms with Crippen LogP contribution in [0.3, 0.4) is 0 Å². The van der Waals surface area contributed by atoms with Crippen LogP contribution in [0, 0.1) is 5.41 Å². The summed E-state index contributed by atoms with van der Waals surface area (Å²) >= 11 is 0. The first-order valence-electron chi connectivity index (χ1n) is 5.67. The van der Waals surface area contributed by atoms with Crippen LogP contribution >= 0.6 is 0 Å². The standard InChI is InChI=1S/C15H20N2/c1-6-13(15(3,4)5)14(7-2)17-12-10-8-9-11-16-17/h6-12H,1-2H2,3-5H3/b14-13-. The van der Waals surface area contributed by atoms with Gasteiger partial charge in [0.2, 0.25) is 0 Å². The van der Waals surface area contributed by atoms with Crippen LogP contribution in [-0.4, -0.2) is 11.2 Å². The third-order valence-corrected chi connectivity index (χ3v) is 2.45. The molecule has 0 N–H and O–H groups in total. The molecule has 2 heteroatoms. The smallest absolute Gasteiger partial charge is 0.0676 e. The van der Waals surface area contributed by atoms with Gasteiger partial charge in [0.05, 0.1) is 5.70 Å². The van der Waals surface area contributed by atoms with Crippen molar-refractivity contribution >= 4 is 6.21 Å². The van der Waals surface area contributed by atoms with Gasteiger partial charge in [0.15, 0.2) is 0 Å². The zero-order chi connectivity index (χ0) is 12.9. The lowest BCUT2D eigenvalue weighted by Gasteiger charge is -2.26. The Hall–Kier alpha value is -1.83. The zero-order valence-corrected chi connectivity index (χ0v) is 10.9. The second kappa shape index (κ2) is 5.48. The summed E-state index contributed by atoms with van der Waals surface area (Å²) in [6.45, 7) is 14.2. The lowest BCUT2D eigenvalue weighted by molar-refractivity contribution is 0.460. The first-order valence-corrected chi connectivity index (χ1v) is 5.67. The predicted molar refractivity (Wildman–Crippen MR) is 75.5 cm³/mol. The molecule has 0 aromatic carbocycles. The molecule has 0 aliphatic carbocycles. The number of nitrogens with zero attached hydrogens (tertiary/aromatic N) is 2. The Bertz CT molecular complexity index is 399. The van der Waals surface area contributed by atoms with Gasteiger partial charge in [-0.15, -0.1) is 0 Å². The molecule has 0 saturated carbocycles. The first-order chi connectivity index (χ1) is 8.00. The minimum atomic E-state index is 0.00830. The quantitative estimate of drug-likeness (QED) is 0.666. The van der Waals surface area contributed by atoms with Gasteiger partial charge in [-0.2, -0.15) is 5.10 Å².